The van der Waals surface area contributed by atoms with Crippen LogP contribution in [0.2, 0.25) is 0 Å². The molecule has 11 heteroatoms. The summed E-state index contributed by atoms with van der Waals surface area (Å²) >= 11 is 0. The fourth-order valence-electron chi connectivity index (χ4n) is 2.53. The van der Waals surface area contributed by atoms with Gasteiger partial charge < -0.3 is 14.6 Å². The Labute approximate surface area is 166 Å². The van der Waals surface area contributed by atoms with Gasteiger partial charge in [-0.1, -0.05) is 33.9 Å². The molecule has 0 radical (unpaired) electrons. The van der Waals surface area contributed by atoms with Crippen LogP contribution in [0.5, 0.6) is 0 Å². The van der Waals surface area contributed by atoms with Crippen LogP contribution in [-0.2, 0) is 19.1 Å². The summed E-state index contributed by atoms with van der Waals surface area (Å²) in [6.45, 7) is 11.1. The third-order valence-electron chi connectivity index (χ3n) is 4.01. The predicted molar refractivity (Wildman–Crippen MR) is 102 cm³/mol. The molecule has 0 saturated heterocycles. The zero-order valence-corrected chi connectivity index (χ0v) is 16.6. The molecule has 0 saturated carbocycles. The Morgan fingerprint density at radius 2 is 1.17 bits per heavy atom. The van der Waals surface area contributed by atoms with E-state index in [0.29, 0.717) is 13.7 Å². The molecule has 0 aliphatic rings. The fraction of sp³-hybridized carbons (Fsp3) is 0.500. The maximum Gasteiger partial charge on any atom is 0.342 e. The van der Waals surface area contributed by atoms with E-state index in [1.807, 2.05) is 0 Å². The number of hydrogen-bond acceptors (Lipinski definition) is 8. The SMILES string of the molecule is C=CC(=O)OC(CC)n1c(=O)n(C(O)CC)c(=O)n(C(CC)OC(=O)C=C)c1=O. The fourth-order valence-corrected chi connectivity index (χ4v) is 2.53. The van der Waals surface area contributed by atoms with E-state index in [2.05, 4.69) is 13.2 Å². The highest BCUT2D eigenvalue weighted by Crippen LogP contribution is 2.13. The normalized spacial score (nSPS) is 13.8. The van der Waals surface area contributed by atoms with Gasteiger partial charge in [0.1, 0.15) is 6.23 Å². The van der Waals surface area contributed by atoms with Crippen LogP contribution >= 0.6 is 0 Å². The van der Waals surface area contributed by atoms with Gasteiger partial charge in [0.15, 0.2) is 12.5 Å². The topological polar surface area (TPSA) is 139 Å². The van der Waals surface area contributed by atoms with E-state index in [4.69, 9.17) is 9.47 Å². The molecule has 160 valence electrons. The molecule has 3 unspecified atom stereocenters. The quantitative estimate of drug-likeness (QED) is 0.430. The van der Waals surface area contributed by atoms with Crippen LogP contribution in [-0.4, -0.2) is 30.7 Å². The second kappa shape index (κ2) is 10.4. The third-order valence-corrected chi connectivity index (χ3v) is 4.01. The molecule has 29 heavy (non-hydrogen) atoms. The van der Waals surface area contributed by atoms with Gasteiger partial charge in [-0.3, -0.25) is 0 Å². The number of esters is 2. The van der Waals surface area contributed by atoms with Crippen molar-refractivity contribution in [3.8, 4) is 0 Å². The molecular weight excluding hydrogens is 386 g/mol. The first-order valence-electron chi connectivity index (χ1n) is 9.01. The van der Waals surface area contributed by atoms with Crippen molar-refractivity contribution in [1.82, 2.24) is 13.7 Å². The predicted octanol–water partition coefficient (Wildman–Crippen LogP) is 0.348. The van der Waals surface area contributed by atoms with Gasteiger partial charge in [-0.15, -0.1) is 0 Å². The minimum Gasteiger partial charge on any atom is -0.438 e. The number of aliphatic hydroxyl groups is 1. The first-order chi connectivity index (χ1) is 13.7. The van der Waals surface area contributed by atoms with E-state index >= 15 is 0 Å². The Kier molecular flexibility index (Phi) is 8.52. The van der Waals surface area contributed by atoms with Gasteiger partial charge in [-0.05, 0) is 6.42 Å². The molecule has 0 aromatic carbocycles. The second-order valence-corrected chi connectivity index (χ2v) is 5.85. The first kappa shape index (κ1) is 23.8. The van der Waals surface area contributed by atoms with Crippen molar-refractivity contribution in [2.45, 2.75) is 58.7 Å². The smallest absolute Gasteiger partial charge is 0.342 e. The third kappa shape index (κ3) is 4.99. The molecule has 1 N–H and O–H groups in total. The zero-order chi connectivity index (χ0) is 22.3. The molecule has 0 spiro atoms. The number of hydrogen-bond donors (Lipinski definition) is 1. The Morgan fingerprint density at radius 3 is 1.45 bits per heavy atom. The van der Waals surface area contributed by atoms with Crippen molar-refractivity contribution in [3.05, 3.63) is 56.8 Å². The molecule has 0 fully saturated rings. The van der Waals surface area contributed by atoms with Crippen molar-refractivity contribution in [2.75, 3.05) is 0 Å². The van der Waals surface area contributed by atoms with Gasteiger partial charge >= 0.3 is 29.0 Å². The van der Waals surface area contributed by atoms with Gasteiger partial charge in [0.05, 0.1) is 0 Å². The van der Waals surface area contributed by atoms with Crippen LogP contribution in [0.25, 0.3) is 0 Å². The summed E-state index contributed by atoms with van der Waals surface area (Å²) in [5.41, 5.74) is -3.49. The average molecular weight is 411 g/mol. The molecule has 0 amide bonds. The van der Waals surface area contributed by atoms with Crippen molar-refractivity contribution in [1.29, 1.82) is 0 Å². The summed E-state index contributed by atoms with van der Waals surface area (Å²) in [4.78, 5) is 61.9. The molecule has 1 heterocycles. The molecule has 1 aromatic rings. The molecule has 11 nitrogen and oxygen atoms in total. The average Bonchev–Trinajstić information content (AvgIpc) is 2.71. The number of rotatable bonds is 10. The van der Waals surface area contributed by atoms with Crippen molar-refractivity contribution in [2.24, 2.45) is 0 Å². The minimum absolute atomic E-state index is 0.00160. The van der Waals surface area contributed by atoms with Gasteiger partial charge in [0.25, 0.3) is 0 Å². The van der Waals surface area contributed by atoms with E-state index in [1.165, 1.54) is 20.8 Å². The number of carbonyl (C=O) groups is 2. The number of ether oxygens (including phenoxy) is 2. The summed E-state index contributed by atoms with van der Waals surface area (Å²) in [6, 6.07) is 0. The van der Waals surface area contributed by atoms with Crippen molar-refractivity contribution in [3.63, 3.8) is 0 Å². The molecular formula is C18H25N3O8. The second-order valence-electron chi connectivity index (χ2n) is 5.85. The van der Waals surface area contributed by atoms with Gasteiger partial charge in [0.2, 0.25) is 0 Å². The van der Waals surface area contributed by atoms with Gasteiger partial charge in [-0.2, -0.15) is 0 Å². The molecule has 1 aromatic heterocycles. The Hall–Kier alpha value is -3.21. The number of carbonyl (C=O) groups excluding carboxylic acids is 2. The van der Waals surface area contributed by atoms with Gasteiger partial charge in [0, 0.05) is 25.0 Å². The maximum absolute atomic E-state index is 13.0. The molecule has 0 aliphatic heterocycles. The molecule has 1 rings (SSSR count). The lowest BCUT2D eigenvalue weighted by Crippen LogP contribution is -2.58. The lowest BCUT2D eigenvalue weighted by Gasteiger charge is -2.24. The Morgan fingerprint density at radius 1 is 0.828 bits per heavy atom. The maximum atomic E-state index is 13.0. The van der Waals surface area contributed by atoms with Crippen LogP contribution in [0, 0.1) is 0 Å². The van der Waals surface area contributed by atoms with E-state index in [9.17, 15) is 29.1 Å². The lowest BCUT2D eigenvalue weighted by molar-refractivity contribution is -0.149. The standard InChI is InChI=1S/C18H25N3O8/c1-6-11(22)19-16(25)20(12(7-2)28-14(23)9-4)18(27)21(17(19)26)13(8-3)29-15(24)10-5/h9-13,22H,4-8H2,1-3H3. The van der Waals surface area contributed by atoms with E-state index in [-0.39, 0.29) is 19.3 Å². The van der Waals surface area contributed by atoms with Crippen LogP contribution < -0.4 is 17.1 Å². The van der Waals surface area contributed by atoms with Crippen molar-refractivity contribution < 1.29 is 24.2 Å². The summed E-state index contributed by atoms with van der Waals surface area (Å²) in [7, 11) is 0. The van der Waals surface area contributed by atoms with Crippen LogP contribution in [0.4, 0.5) is 0 Å². The molecule has 0 aliphatic carbocycles. The Bertz CT molecular complexity index is 887. The zero-order valence-electron chi connectivity index (χ0n) is 16.6. The van der Waals surface area contributed by atoms with E-state index in [0.717, 1.165) is 12.2 Å². The van der Waals surface area contributed by atoms with Gasteiger partial charge in [-0.25, -0.2) is 37.7 Å². The number of aromatic nitrogens is 3. The van der Waals surface area contributed by atoms with Crippen LogP contribution in [0.15, 0.2) is 39.7 Å². The summed E-state index contributed by atoms with van der Waals surface area (Å²) in [6.07, 6.45) is -2.65. The lowest BCUT2D eigenvalue weighted by atomic mass is 10.3. The van der Waals surface area contributed by atoms with Crippen molar-refractivity contribution >= 4 is 11.9 Å². The highest BCUT2D eigenvalue weighted by Gasteiger charge is 2.29. The molecule has 3 atom stereocenters. The molecule has 0 bridgehead atoms. The highest BCUT2D eigenvalue weighted by molar-refractivity contribution is 5.81. The van der Waals surface area contributed by atoms with Crippen LogP contribution in [0.3, 0.4) is 0 Å². The Balaban J connectivity index is 3.92. The van der Waals surface area contributed by atoms with E-state index in [1.54, 1.807) is 0 Å². The minimum atomic E-state index is -1.56. The number of nitrogens with zero attached hydrogens (tertiary/aromatic N) is 3. The monoisotopic (exact) mass is 411 g/mol. The highest BCUT2D eigenvalue weighted by atomic mass is 16.6. The number of aliphatic hydroxyl groups excluding tert-OH is 1. The summed E-state index contributed by atoms with van der Waals surface area (Å²) in [5, 5.41) is 10.2. The van der Waals surface area contributed by atoms with E-state index < -0.39 is 47.7 Å². The first-order valence-corrected chi connectivity index (χ1v) is 9.01. The largest absolute Gasteiger partial charge is 0.438 e. The summed E-state index contributed by atoms with van der Waals surface area (Å²) in [5.74, 6) is -1.79. The summed E-state index contributed by atoms with van der Waals surface area (Å²) < 4.78 is 11.6. The van der Waals surface area contributed by atoms with Crippen LogP contribution in [0.1, 0.15) is 58.7 Å².